The Labute approximate surface area is 210 Å². The minimum absolute atomic E-state index is 0.0302. The summed E-state index contributed by atoms with van der Waals surface area (Å²) in [5, 5.41) is 11.7. The number of aliphatic hydroxyl groups excluding tert-OH is 1. The summed E-state index contributed by atoms with van der Waals surface area (Å²) in [5.41, 5.74) is 2.73. The van der Waals surface area contributed by atoms with Crippen molar-refractivity contribution in [2.45, 2.75) is 39.2 Å². The van der Waals surface area contributed by atoms with Gasteiger partial charge in [-0.25, -0.2) is 0 Å². The number of Topliss-reactive ketones (excluding diaryl/α,β-unsaturated/α-hetero) is 1. The van der Waals surface area contributed by atoms with Crippen molar-refractivity contribution in [3.8, 4) is 5.75 Å². The van der Waals surface area contributed by atoms with Gasteiger partial charge in [0.2, 0.25) is 0 Å². The molecule has 0 aromatic heterocycles. The molecule has 1 aliphatic rings. The molecule has 35 heavy (non-hydrogen) atoms. The number of carbonyl (C=O) groups is 2. The number of aliphatic hydroxyl groups is 1. The molecule has 5 nitrogen and oxygen atoms in total. The van der Waals surface area contributed by atoms with Crippen LogP contribution in [0.4, 0.5) is 5.69 Å². The summed E-state index contributed by atoms with van der Waals surface area (Å²) in [7, 11) is 0. The highest BCUT2D eigenvalue weighted by Crippen LogP contribution is 2.43. The SMILES string of the molecule is CCOc1cccc(N2C(=O)C(=O)/C(=C(/O)c3ccc(Cl)cc3)C2c2ccc(C(C)(C)C)cc2)c1. The highest BCUT2D eigenvalue weighted by molar-refractivity contribution is 6.51. The van der Waals surface area contributed by atoms with Crippen LogP contribution in [0.3, 0.4) is 0 Å². The van der Waals surface area contributed by atoms with Gasteiger partial charge < -0.3 is 9.84 Å². The Bertz CT molecular complexity index is 1290. The van der Waals surface area contributed by atoms with E-state index in [1.165, 1.54) is 4.90 Å². The van der Waals surface area contributed by atoms with Gasteiger partial charge in [0, 0.05) is 22.3 Å². The molecule has 3 aromatic carbocycles. The molecule has 1 heterocycles. The molecule has 1 saturated heterocycles. The predicted octanol–water partition coefficient (Wildman–Crippen LogP) is 6.66. The lowest BCUT2D eigenvalue weighted by Crippen LogP contribution is -2.29. The Hall–Kier alpha value is -3.57. The average molecular weight is 490 g/mol. The number of nitrogens with zero attached hydrogens (tertiary/aromatic N) is 1. The molecule has 6 heteroatoms. The smallest absolute Gasteiger partial charge is 0.300 e. The highest BCUT2D eigenvalue weighted by atomic mass is 35.5. The van der Waals surface area contributed by atoms with E-state index in [2.05, 4.69) is 20.8 Å². The second-order valence-corrected chi connectivity index (χ2v) is 9.91. The molecule has 3 aromatic rings. The Kier molecular flexibility index (Phi) is 6.73. The van der Waals surface area contributed by atoms with Crippen LogP contribution >= 0.6 is 11.6 Å². The number of hydrogen-bond donors (Lipinski definition) is 1. The lowest BCUT2D eigenvalue weighted by molar-refractivity contribution is -0.132. The van der Waals surface area contributed by atoms with Crippen molar-refractivity contribution >= 4 is 34.7 Å². The zero-order valence-electron chi connectivity index (χ0n) is 20.2. The number of ether oxygens (including phenoxy) is 1. The molecule has 0 aliphatic carbocycles. The fourth-order valence-corrected chi connectivity index (χ4v) is 4.36. The standard InChI is InChI=1S/C29H28ClNO4/c1-5-35-23-8-6-7-22(17-23)31-25(18-9-13-20(14-10-18)29(2,3)4)24(27(33)28(31)34)26(32)19-11-15-21(30)16-12-19/h6-17,25,32H,5H2,1-4H3/b26-24+. The maximum absolute atomic E-state index is 13.4. The topological polar surface area (TPSA) is 66.8 Å². The van der Waals surface area contributed by atoms with Gasteiger partial charge in [0.15, 0.2) is 0 Å². The zero-order chi connectivity index (χ0) is 25.3. The van der Waals surface area contributed by atoms with E-state index in [1.807, 2.05) is 31.2 Å². The van der Waals surface area contributed by atoms with Crippen molar-refractivity contribution in [2.75, 3.05) is 11.5 Å². The van der Waals surface area contributed by atoms with Crippen LogP contribution in [0.2, 0.25) is 5.02 Å². The first-order valence-corrected chi connectivity index (χ1v) is 11.9. The van der Waals surface area contributed by atoms with Crippen LogP contribution in [0.1, 0.15) is 50.4 Å². The summed E-state index contributed by atoms with van der Waals surface area (Å²) in [5.74, 6) is -1.11. The monoisotopic (exact) mass is 489 g/mol. The van der Waals surface area contributed by atoms with Gasteiger partial charge >= 0.3 is 0 Å². The number of amides is 1. The van der Waals surface area contributed by atoms with Crippen molar-refractivity contribution < 1.29 is 19.4 Å². The van der Waals surface area contributed by atoms with Gasteiger partial charge in [-0.2, -0.15) is 0 Å². The van der Waals surface area contributed by atoms with Crippen LogP contribution in [0.15, 0.2) is 78.4 Å². The minimum atomic E-state index is -0.809. The predicted molar refractivity (Wildman–Crippen MR) is 139 cm³/mol. The quantitative estimate of drug-likeness (QED) is 0.247. The van der Waals surface area contributed by atoms with Crippen LogP contribution in [-0.2, 0) is 15.0 Å². The number of halogens is 1. The lowest BCUT2D eigenvalue weighted by atomic mass is 9.85. The molecular weight excluding hydrogens is 462 g/mol. The first-order valence-electron chi connectivity index (χ1n) is 11.5. The van der Waals surface area contributed by atoms with Gasteiger partial charge in [0.1, 0.15) is 11.5 Å². The van der Waals surface area contributed by atoms with Gasteiger partial charge in [0.05, 0.1) is 18.2 Å². The molecule has 180 valence electrons. The molecule has 0 saturated carbocycles. The fourth-order valence-electron chi connectivity index (χ4n) is 4.23. The zero-order valence-corrected chi connectivity index (χ0v) is 21.0. The molecule has 1 aliphatic heterocycles. The number of hydrogen-bond acceptors (Lipinski definition) is 4. The number of ketones is 1. The molecule has 1 amide bonds. The van der Waals surface area contributed by atoms with Gasteiger partial charge in [-0.1, -0.05) is 62.7 Å². The second kappa shape index (κ2) is 9.59. The highest BCUT2D eigenvalue weighted by Gasteiger charge is 2.47. The van der Waals surface area contributed by atoms with Gasteiger partial charge in [-0.15, -0.1) is 0 Å². The lowest BCUT2D eigenvalue weighted by Gasteiger charge is -2.27. The van der Waals surface area contributed by atoms with Crippen LogP contribution in [-0.4, -0.2) is 23.4 Å². The Morgan fingerprint density at radius 2 is 1.66 bits per heavy atom. The number of benzene rings is 3. The molecular formula is C29H28ClNO4. The van der Waals surface area contributed by atoms with Crippen LogP contribution < -0.4 is 9.64 Å². The van der Waals surface area contributed by atoms with Crippen molar-refractivity contribution in [2.24, 2.45) is 0 Å². The number of rotatable bonds is 5. The van der Waals surface area contributed by atoms with E-state index >= 15 is 0 Å². The maximum atomic E-state index is 13.4. The van der Waals surface area contributed by atoms with Crippen LogP contribution in [0, 0.1) is 0 Å². The Morgan fingerprint density at radius 1 is 1.00 bits per heavy atom. The second-order valence-electron chi connectivity index (χ2n) is 9.48. The van der Waals surface area contributed by atoms with E-state index in [4.69, 9.17) is 16.3 Å². The normalized spacial score (nSPS) is 17.6. The van der Waals surface area contributed by atoms with E-state index in [9.17, 15) is 14.7 Å². The summed E-state index contributed by atoms with van der Waals surface area (Å²) in [6.45, 7) is 8.70. The average Bonchev–Trinajstić information content (AvgIpc) is 3.09. The van der Waals surface area contributed by atoms with Crippen molar-refractivity contribution in [3.63, 3.8) is 0 Å². The van der Waals surface area contributed by atoms with E-state index < -0.39 is 17.7 Å². The summed E-state index contributed by atoms with van der Waals surface area (Å²) in [6, 6.07) is 20.6. The number of carbonyl (C=O) groups excluding carboxylic acids is 2. The van der Waals surface area contributed by atoms with Gasteiger partial charge in [0.25, 0.3) is 11.7 Å². The van der Waals surface area contributed by atoms with Crippen molar-refractivity contribution in [3.05, 3.63) is 100 Å². The molecule has 0 bridgehead atoms. The molecule has 1 atom stereocenters. The summed E-state index contributed by atoms with van der Waals surface area (Å²) in [6.07, 6.45) is 0. The van der Waals surface area contributed by atoms with E-state index in [0.29, 0.717) is 28.6 Å². The Morgan fingerprint density at radius 3 is 2.26 bits per heavy atom. The third-order valence-corrected chi connectivity index (χ3v) is 6.31. The van der Waals surface area contributed by atoms with Gasteiger partial charge in [-0.05, 0) is 59.9 Å². The molecule has 0 radical (unpaired) electrons. The van der Waals surface area contributed by atoms with Gasteiger partial charge in [-0.3, -0.25) is 14.5 Å². The Balaban J connectivity index is 1.91. The molecule has 1 fully saturated rings. The van der Waals surface area contributed by atoms with Crippen molar-refractivity contribution in [1.82, 2.24) is 0 Å². The molecule has 4 rings (SSSR count). The summed E-state index contributed by atoms with van der Waals surface area (Å²) in [4.78, 5) is 28.1. The summed E-state index contributed by atoms with van der Waals surface area (Å²) >= 11 is 6.01. The molecule has 0 spiro atoms. The first kappa shape index (κ1) is 24.6. The van der Waals surface area contributed by atoms with E-state index in [0.717, 1.165) is 11.1 Å². The minimum Gasteiger partial charge on any atom is -0.507 e. The maximum Gasteiger partial charge on any atom is 0.300 e. The van der Waals surface area contributed by atoms with Crippen LogP contribution in [0.25, 0.3) is 5.76 Å². The molecule has 1 N–H and O–H groups in total. The third kappa shape index (κ3) is 4.82. The largest absolute Gasteiger partial charge is 0.507 e. The van der Waals surface area contributed by atoms with E-state index in [1.54, 1.807) is 48.5 Å². The first-order chi connectivity index (χ1) is 16.6. The van der Waals surface area contributed by atoms with E-state index in [-0.39, 0.29) is 16.7 Å². The van der Waals surface area contributed by atoms with Crippen LogP contribution in [0.5, 0.6) is 5.75 Å². The third-order valence-electron chi connectivity index (χ3n) is 6.06. The molecule has 1 unspecified atom stereocenters. The number of anilines is 1. The summed E-state index contributed by atoms with van der Waals surface area (Å²) < 4.78 is 5.62. The van der Waals surface area contributed by atoms with Crippen molar-refractivity contribution in [1.29, 1.82) is 0 Å². The fraction of sp³-hybridized carbons (Fsp3) is 0.241.